The van der Waals surface area contributed by atoms with Gasteiger partial charge in [0.25, 0.3) is 0 Å². The summed E-state index contributed by atoms with van der Waals surface area (Å²) in [5, 5.41) is 9.32. The number of esters is 1. The zero-order valence-corrected chi connectivity index (χ0v) is 16.8. The van der Waals surface area contributed by atoms with Crippen LogP contribution in [0.5, 0.6) is 0 Å². The van der Waals surface area contributed by atoms with Gasteiger partial charge in [-0.25, -0.2) is 9.59 Å². The molecule has 2 rings (SSSR count). The molecule has 0 aromatic heterocycles. The third-order valence-corrected chi connectivity index (χ3v) is 4.80. The molecule has 28 heavy (non-hydrogen) atoms. The first-order chi connectivity index (χ1) is 13.5. The molecule has 0 fully saturated rings. The minimum absolute atomic E-state index is 0.0343. The van der Waals surface area contributed by atoms with E-state index in [9.17, 15) is 14.7 Å². The van der Waals surface area contributed by atoms with Crippen LogP contribution in [-0.4, -0.2) is 17.0 Å². The number of carbonyl (C=O) groups is 2. The fraction of sp³-hybridized carbons (Fsp3) is 0.417. The van der Waals surface area contributed by atoms with Gasteiger partial charge in [-0.2, -0.15) is 0 Å². The van der Waals surface area contributed by atoms with E-state index in [-0.39, 0.29) is 17.2 Å². The average molecular weight is 383 g/mol. The van der Waals surface area contributed by atoms with E-state index in [1.165, 1.54) is 31.4 Å². The standard InChI is InChI=1S/C24H30O4/c1-18(2)12-6-3-4-9-17-22(19-13-7-5-8-14-19)28-24(27)21-16-11-10-15-20(21)23(25)26/h5,7-8,10-11,13-16,18,22H,3-4,6,9,12,17H2,1-2H3,(H,25,26). The summed E-state index contributed by atoms with van der Waals surface area (Å²) in [7, 11) is 0. The molecule has 0 amide bonds. The van der Waals surface area contributed by atoms with Crippen molar-refractivity contribution in [3.05, 3.63) is 71.3 Å². The summed E-state index contributed by atoms with van der Waals surface area (Å²) in [6.07, 6.45) is 6.05. The van der Waals surface area contributed by atoms with Gasteiger partial charge in [-0.05, 0) is 36.5 Å². The van der Waals surface area contributed by atoms with Crippen LogP contribution in [0.1, 0.15) is 84.8 Å². The Hall–Kier alpha value is -2.62. The van der Waals surface area contributed by atoms with Crippen molar-refractivity contribution in [2.45, 2.75) is 58.5 Å². The summed E-state index contributed by atoms with van der Waals surface area (Å²) in [4.78, 5) is 24.1. The highest BCUT2D eigenvalue weighted by atomic mass is 16.5. The van der Waals surface area contributed by atoms with Crippen molar-refractivity contribution in [1.82, 2.24) is 0 Å². The van der Waals surface area contributed by atoms with Crippen LogP contribution < -0.4 is 0 Å². The molecule has 1 N–H and O–H groups in total. The van der Waals surface area contributed by atoms with Crippen LogP contribution in [0, 0.1) is 5.92 Å². The zero-order valence-electron chi connectivity index (χ0n) is 16.8. The zero-order chi connectivity index (χ0) is 20.4. The van der Waals surface area contributed by atoms with Gasteiger partial charge < -0.3 is 9.84 Å². The van der Waals surface area contributed by atoms with Gasteiger partial charge in [0.15, 0.2) is 0 Å². The Labute approximate surface area is 167 Å². The Bertz CT molecular complexity index is 752. The number of ether oxygens (including phenoxy) is 1. The normalized spacial score (nSPS) is 12.0. The molecule has 1 atom stereocenters. The molecule has 2 aromatic carbocycles. The molecule has 4 nitrogen and oxygen atoms in total. The Kier molecular flexibility index (Phi) is 8.73. The molecule has 0 radical (unpaired) electrons. The largest absolute Gasteiger partial charge is 0.478 e. The quantitative estimate of drug-likeness (QED) is 0.367. The van der Waals surface area contributed by atoms with Crippen LogP contribution in [0.3, 0.4) is 0 Å². The van der Waals surface area contributed by atoms with Crippen LogP contribution in [0.25, 0.3) is 0 Å². The molecule has 1 unspecified atom stereocenters. The Morgan fingerprint density at radius 2 is 1.39 bits per heavy atom. The number of unbranched alkanes of at least 4 members (excludes halogenated alkanes) is 3. The molecule has 0 bridgehead atoms. The Balaban J connectivity index is 2.02. The first-order valence-electron chi connectivity index (χ1n) is 10.1. The van der Waals surface area contributed by atoms with E-state index in [2.05, 4.69) is 13.8 Å². The Morgan fingerprint density at radius 1 is 0.821 bits per heavy atom. The third-order valence-electron chi connectivity index (χ3n) is 4.80. The van der Waals surface area contributed by atoms with E-state index in [4.69, 9.17) is 4.74 Å². The second-order valence-corrected chi connectivity index (χ2v) is 7.54. The fourth-order valence-electron chi connectivity index (χ4n) is 3.24. The minimum atomic E-state index is -1.13. The number of rotatable bonds is 11. The van der Waals surface area contributed by atoms with E-state index in [1.54, 1.807) is 12.1 Å². The van der Waals surface area contributed by atoms with Crippen molar-refractivity contribution in [1.29, 1.82) is 0 Å². The Morgan fingerprint density at radius 3 is 2.00 bits per heavy atom. The molecule has 0 spiro atoms. The fourth-order valence-corrected chi connectivity index (χ4v) is 3.24. The number of carbonyl (C=O) groups excluding carboxylic acids is 1. The third kappa shape index (κ3) is 6.84. The second-order valence-electron chi connectivity index (χ2n) is 7.54. The minimum Gasteiger partial charge on any atom is -0.478 e. The lowest BCUT2D eigenvalue weighted by molar-refractivity contribution is 0.0265. The molecule has 0 heterocycles. The highest BCUT2D eigenvalue weighted by Crippen LogP contribution is 2.26. The highest BCUT2D eigenvalue weighted by Gasteiger charge is 2.22. The molecule has 0 aliphatic carbocycles. The first kappa shape index (κ1) is 21.7. The predicted molar refractivity (Wildman–Crippen MR) is 111 cm³/mol. The van der Waals surface area contributed by atoms with E-state index in [0.717, 1.165) is 30.7 Å². The summed E-state index contributed by atoms with van der Waals surface area (Å²) in [6.45, 7) is 4.47. The molecule has 0 aliphatic heterocycles. The summed E-state index contributed by atoms with van der Waals surface area (Å²) in [5.74, 6) is -0.993. The highest BCUT2D eigenvalue weighted by molar-refractivity contribution is 6.02. The molecular formula is C24H30O4. The summed E-state index contributed by atoms with van der Waals surface area (Å²) < 4.78 is 5.76. The number of carboxylic acid groups (broad SMARTS) is 1. The molecule has 0 saturated carbocycles. The van der Waals surface area contributed by atoms with Gasteiger partial charge in [-0.3, -0.25) is 0 Å². The number of benzene rings is 2. The summed E-state index contributed by atoms with van der Waals surface area (Å²) >= 11 is 0. The molecule has 0 aliphatic rings. The lowest BCUT2D eigenvalue weighted by atomic mass is 10.00. The number of carboxylic acids is 1. The lowest BCUT2D eigenvalue weighted by Gasteiger charge is -2.19. The average Bonchev–Trinajstić information content (AvgIpc) is 2.69. The predicted octanol–water partition coefficient (Wildman–Crippen LogP) is 6.28. The lowest BCUT2D eigenvalue weighted by Crippen LogP contribution is -2.15. The summed E-state index contributed by atoms with van der Waals surface area (Å²) in [6, 6.07) is 15.8. The van der Waals surface area contributed by atoms with Crippen LogP contribution in [-0.2, 0) is 4.74 Å². The number of hydrogen-bond donors (Lipinski definition) is 1. The van der Waals surface area contributed by atoms with Crippen LogP contribution in [0.4, 0.5) is 0 Å². The van der Waals surface area contributed by atoms with Gasteiger partial charge in [0.1, 0.15) is 6.10 Å². The van der Waals surface area contributed by atoms with Gasteiger partial charge in [0, 0.05) is 0 Å². The van der Waals surface area contributed by atoms with Crippen LogP contribution >= 0.6 is 0 Å². The van der Waals surface area contributed by atoms with Gasteiger partial charge >= 0.3 is 11.9 Å². The smallest absolute Gasteiger partial charge is 0.339 e. The van der Waals surface area contributed by atoms with Crippen molar-refractivity contribution in [3.8, 4) is 0 Å². The van der Waals surface area contributed by atoms with Gasteiger partial charge in [-0.15, -0.1) is 0 Å². The molecular weight excluding hydrogens is 352 g/mol. The van der Waals surface area contributed by atoms with Crippen molar-refractivity contribution in [2.24, 2.45) is 5.92 Å². The number of hydrogen-bond acceptors (Lipinski definition) is 3. The summed E-state index contributed by atoms with van der Waals surface area (Å²) in [5.41, 5.74) is 0.992. The van der Waals surface area contributed by atoms with Crippen molar-refractivity contribution >= 4 is 11.9 Å². The molecule has 2 aromatic rings. The van der Waals surface area contributed by atoms with Crippen molar-refractivity contribution in [3.63, 3.8) is 0 Å². The topological polar surface area (TPSA) is 63.6 Å². The van der Waals surface area contributed by atoms with E-state index in [1.807, 2.05) is 30.3 Å². The van der Waals surface area contributed by atoms with Crippen molar-refractivity contribution < 1.29 is 19.4 Å². The maximum atomic E-state index is 12.7. The van der Waals surface area contributed by atoms with E-state index >= 15 is 0 Å². The van der Waals surface area contributed by atoms with Crippen LogP contribution in [0.15, 0.2) is 54.6 Å². The molecule has 150 valence electrons. The van der Waals surface area contributed by atoms with Crippen molar-refractivity contribution in [2.75, 3.05) is 0 Å². The molecule has 4 heteroatoms. The second kappa shape index (κ2) is 11.3. The first-order valence-corrected chi connectivity index (χ1v) is 10.1. The van der Waals surface area contributed by atoms with E-state index in [0.29, 0.717) is 0 Å². The monoisotopic (exact) mass is 382 g/mol. The maximum Gasteiger partial charge on any atom is 0.339 e. The van der Waals surface area contributed by atoms with Gasteiger partial charge in [-0.1, -0.05) is 82.0 Å². The van der Waals surface area contributed by atoms with Crippen LogP contribution in [0.2, 0.25) is 0 Å². The SMILES string of the molecule is CC(C)CCCCCCC(OC(=O)c1ccccc1C(=O)O)c1ccccc1. The van der Waals surface area contributed by atoms with E-state index < -0.39 is 11.9 Å². The maximum absolute atomic E-state index is 12.7. The van der Waals surface area contributed by atoms with Gasteiger partial charge in [0.2, 0.25) is 0 Å². The van der Waals surface area contributed by atoms with Gasteiger partial charge in [0.05, 0.1) is 11.1 Å². The molecule has 0 saturated heterocycles. The number of aromatic carboxylic acids is 1.